The Kier molecular flexibility index (Phi) is 5.65. The SMILES string of the molecule is OCCOC[C@H]1CCCN(Cc2ccccc2)C1. The van der Waals surface area contributed by atoms with Crippen LogP contribution in [0.5, 0.6) is 0 Å². The Morgan fingerprint density at radius 3 is 2.89 bits per heavy atom. The van der Waals surface area contributed by atoms with Gasteiger partial charge in [0.2, 0.25) is 0 Å². The normalized spacial score (nSPS) is 21.1. The molecule has 1 atom stereocenters. The van der Waals surface area contributed by atoms with Crippen LogP contribution in [0.25, 0.3) is 0 Å². The predicted octanol–water partition coefficient (Wildman–Crippen LogP) is 1.91. The highest BCUT2D eigenvalue weighted by Crippen LogP contribution is 2.18. The maximum atomic E-state index is 8.71. The molecule has 1 aliphatic heterocycles. The van der Waals surface area contributed by atoms with Gasteiger partial charge in [0.1, 0.15) is 0 Å². The number of aliphatic hydroxyl groups excluding tert-OH is 1. The average molecular weight is 249 g/mol. The average Bonchev–Trinajstić information content (AvgIpc) is 2.41. The molecule has 18 heavy (non-hydrogen) atoms. The van der Waals surface area contributed by atoms with E-state index in [0.29, 0.717) is 12.5 Å². The van der Waals surface area contributed by atoms with Crippen molar-refractivity contribution >= 4 is 0 Å². The molecule has 0 amide bonds. The molecule has 1 aromatic carbocycles. The van der Waals surface area contributed by atoms with Gasteiger partial charge in [-0.3, -0.25) is 4.90 Å². The van der Waals surface area contributed by atoms with Crippen molar-refractivity contribution < 1.29 is 9.84 Å². The third-order valence-corrected chi connectivity index (χ3v) is 3.44. The molecule has 1 saturated heterocycles. The van der Waals surface area contributed by atoms with Crippen LogP contribution in [0.15, 0.2) is 30.3 Å². The second kappa shape index (κ2) is 7.52. The Labute approximate surface area is 109 Å². The summed E-state index contributed by atoms with van der Waals surface area (Å²) < 4.78 is 5.44. The van der Waals surface area contributed by atoms with E-state index in [2.05, 4.69) is 35.2 Å². The molecule has 1 aromatic rings. The lowest BCUT2D eigenvalue weighted by molar-refractivity contribution is 0.0399. The van der Waals surface area contributed by atoms with Gasteiger partial charge in [0.05, 0.1) is 19.8 Å². The van der Waals surface area contributed by atoms with Gasteiger partial charge < -0.3 is 9.84 Å². The molecule has 1 N–H and O–H groups in total. The molecule has 3 nitrogen and oxygen atoms in total. The Balaban J connectivity index is 1.76. The molecule has 1 fully saturated rings. The molecule has 0 spiro atoms. The van der Waals surface area contributed by atoms with Crippen molar-refractivity contribution in [2.24, 2.45) is 5.92 Å². The molecule has 3 heteroatoms. The van der Waals surface area contributed by atoms with Crippen LogP contribution in [-0.2, 0) is 11.3 Å². The van der Waals surface area contributed by atoms with Gasteiger partial charge in [0.15, 0.2) is 0 Å². The van der Waals surface area contributed by atoms with Crippen LogP contribution in [0.4, 0.5) is 0 Å². The first-order chi connectivity index (χ1) is 8.88. The van der Waals surface area contributed by atoms with Crippen molar-refractivity contribution in [1.82, 2.24) is 4.90 Å². The Hall–Kier alpha value is -0.900. The summed E-state index contributed by atoms with van der Waals surface area (Å²) in [5.74, 6) is 0.619. The highest BCUT2D eigenvalue weighted by Gasteiger charge is 2.19. The number of hydrogen-bond acceptors (Lipinski definition) is 3. The first-order valence-corrected chi connectivity index (χ1v) is 6.83. The predicted molar refractivity (Wildman–Crippen MR) is 72.3 cm³/mol. The van der Waals surface area contributed by atoms with E-state index in [1.165, 1.54) is 24.9 Å². The number of hydrogen-bond donors (Lipinski definition) is 1. The first kappa shape index (κ1) is 13.5. The van der Waals surface area contributed by atoms with E-state index in [1.807, 2.05) is 0 Å². The number of ether oxygens (including phenoxy) is 1. The minimum Gasteiger partial charge on any atom is -0.394 e. The summed E-state index contributed by atoms with van der Waals surface area (Å²) >= 11 is 0. The quantitative estimate of drug-likeness (QED) is 0.782. The number of piperidine rings is 1. The van der Waals surface area contributed by atoms with E-state index < -0.39 is 0 Å². The van der Waals surface area contributed by atoms with E-state index in [-0.39, 0.29) is 6.61 Å². The second-order valence-electron chi connectivity index (χ2n) is 5.03. The fourth-order valence-corrected chi connectivity index (χ4v) is 2.59. The number of nitrogens with zero attached hydrogens (tertiary/aromatic N) is 1. The Morgan fingerprint density at radius 1 is 1.28 bits per heavy atom. The maximum Gasteiger partial charge on any atom is 0.0697 e. The van der Waals surface area contributed by atoms with E-state index in [9.17, 15) is 0 Å². The van der Waals surface area contributed by atoms with E-state index in [0.717, 1.165) is 19.7 Å². The smallest absolute Gasteiger partial charge is 0.0697 e. The van der Waals surface area contributed by atoms with Crippen LogP contribution >= 0.6 is 0 Å². The summed E-state index contributed by atoms with van der Waals surface area (Å²) in [7, 11) is 0. The fraction of sp³-hybridized carbons (Fsp3) is 0.600. The second-order valence-corrected chi connectivity index (χ2v) is 5.03. The highest BCUT2D eigenvalue weighted by atomic mass is 16.5. The van der Waals surface area contributed by atoms with Gasteiger partial charge in [-0.05, 0) is 30.9 Å². The topological polar surface area (TPSA) is 32.7 Å². The van der Waals surface area contributed by atoms with E-state index in [1.54, 1.807) is 0 Å². The van der Waals surface area contributed by atoms with Crippen molar-refractivity contribution in [2.75, 3.05) is 32.9 Å². The van der Waals surface area contributed by atoms with E-state index >= 15 is 0 Å². The van der Waals surface area contributed by atoms with Gasteiger partial charge in [0, 0.05) is 13.1 Å². The number of aliphatic hydroxyl groups is 1. The largest absolute Gasteiger partial charge is 0.394 e. The first-order valence-electron chi connectivity index (χ1n) is 6.83. The van der Waals surface area contributed by atoms with Gasteiger partial charge in [-0.2, -0.15) is 0 Å². The molecule has 2 rings (SSSR count). The van der Waals surface area contributed by atoms with Crippen LogP contribution < -0.4 is 0 Å². The molecular formula is C15H23NO2. The maximum absolute atomic E-state index is 8.71. The third-order valence-electron chi connectivity index (χ3n) is 3.44. The Morgan fingerprint density at radius 2 is 2.11 bits per heavy atom. The lowest BCUT2D eigenvalue weighted by atomic mass is 9.98. The van der Waals surface area contributed by atoms with Gasteiger partial charge in [-0.25, -0.2) is 0 Å². The van der Waals surface area contributed by atoms with Crippen LogP contribution in [0, 0.1) is 5.92 Å². The van der Waals surface area contributed by atoms with Crippen LogP contribution in [-0.4, -0.2) is 42.9 Å². The van der Waals surface area contributed by atoms with Crippen molar-refractivity contribution in [2.45, 2.75) is 19.4 Å². The molecule has 0 radical (unpaired) electrons. The molecule has 0 aromatic heterocycles. The van der Waals surface area contributed by atoms with Crippen LogP contribution in [0.3, 0.4) is 0 Å². The lowest BCUT2D eigenvalue weighted by Gasteiger charge is -2.32. The zero-order valence-electron chi connectivity index (χ0n) is 10.9. The van der Waals surface area contributed by atoms with Gasteiger partial charge in [-0.15, -0.1) is 0 Å². The summed E-state index contributed by atoms with van der Waals surface area (Å²) in [6, 6.07) is 10.6. The Bertz CT molecular complexity index is 329. The zero-order chi connectivity index (χ0) is 12.6. The van der Waals surface area contributed by atoms with Gasteiger partial charge in [0.25, 0.3) is 0 Å². The molecule has 0 unspecified atom stereocenters. The standard InChI is InChI=1S/C15H23NO2/c17-9-10-18-13-15-7-4-8-16(12-15)11-14-5-2-1-3-6-14/h1-3,5-6,15,17H,4,7-13H2/t15-/m0/s1. The molecule has 0 aliphatic carbocycles. The summed E-state index contributed by atoms with van der Waals surface area (Å²) in [5.41, 5.74) is 1.38. The van der Waals surface area contributed by atoms with Gasteiger partial charge in [-0.1, -0.05) is 30.3 Å². The summed E-state index contributed by atoms with van der Waals surface area (Å²) in [5, 5.41) is 8.71. The molecule has 0 bridgehead atoms. The third kappa shape index (κ3) is 4.41. The van der Waals surface area contributed by atoms with E-state index in [4.69, 9.17) is 9.84 Å². The molecular weight excluding hydrogens is 226 g/mol. The van der Waals surface area contributed by atoms with Crippen LogP contribution in [0.2, 0.25) is 0 Å². The van der Waals surface area contributed by atoms with Crippen molar-refractivity contribution in [3.63, 3.8) is 0 Å². The molecule has 1 aliphatic rings. The number of rotatable bonds is 6. The molecule has 100 valence electrons. The number of benzene rings is 1. The van der Waals surface area contributed by atoms with Crippen molar-refractivity contribution in [3.05, 3.63) is 35.9 Å². The fourth-order valence-electron chi connectivity index (χ4n) is 2.59. The van der Waals surface area contributed by atoms with Gasteiger partial charge >= 0.3 is 0 Å². The van der Waals surface area contributed by atoms with Crippen LogP contribution in [0.1, 0.15) is 18.4 Å². The summed E-state index contributed by atoms with van der Waals surface area (Å²) in [6.07, 6.45) is 2.50. The molecule has 1 heterocycles. The summed E-state index contributed by atoms with van der Waals surface area (Å²) in [4.78, 5) is 2.51. The zero-order valence-corrected chi connectivity index (χ0v) is 10.9. The minimum atomic E-state index is 0.125. The lowest BCUT2D eigenvalue weighted by Crippen LogP contribution is -2.36. The highest BCUT2D eigenvalue weighted by molar-refractivity contribution is 5.14. The monoisotopic (exact) mass is 249 g/mol. The minimum absolute atomic E-state index is 0.125. The molecule has 0 saturated carbocycles. The summed E-state index contributed by atoms with van der Waals surface area (Å²) in [6.45, 7) is 4.71. The van der Waals surface area contributed by atoms with Crippen molar-refractivity contribution in [1.29, 1.82) is 0 Å². The number of likely N-dealkylation sites (tertiary alicyclic amines) is 1. The van der Waals surface area contributed by atoms with Crippen molar-refractivity contribution in [3.8, 4) is 0 Å².